The van der Waals surface area contributed by atoms with E-state index in [0.29, 0.717) is 18.5 Å². The van der Waals surface area contributed by atoms with Gasteiger partial charge in [-0.25, -0.2) is 9.97 Å². The molecule has 5 rings (SSSR count). The van der Waals surface area contributed by atoms with Gasteiger partial charge in [0, 0.05) is 40.5 Å². The molecule has 3 aromatic heterocycles. The average molecular weight is 583 g/mol. The fourth-order valence-electron chi connectivity index (χ4n) is 5.90. The number of hydrogen-bond acceptors (Lipinski definition) is 7. The van der Waals surface area contributed by atoms with Crippen molar-refractivity contribution in [1.82, 2.24) is 19.9 Å². The lowest BCUT2D eigenvalue weighted by molar-refractivity contribution is -0.141. The molecule has 5 heterocycles. The van der Waals surface area contributed by atoms with Crippen molar-refractivity contribution in [3.05, 3.63) is 69.8 Å². The molecule has 0 spiro atoms. The first-order valence-electron chi connectivity index (χ1n) is 14.5. The Hall–Kier alpha value is -4.50. The number of carbonyl (C=O) groups excluding carboxylic acids is 2. The van der Waals surface area contributed by atoms with Gasteiger partial charge in [-0.2, -0.15) is 0 Å². The van der Waals surface area contributed by atoms with Crippen molar-refractivity contribution >= 4 is 56.3 Å². The standard InChI is InChI=1S/C34H38N4O5/c1-17-12-22-13-26-18(2)23(8-10-32(40)42-6)29(36-26)16-30-24(9-11-33(41)43-7)19(3)27(37-30)15-28-20(4)34(21(5)39)31(38-28)14-25(17)35-22/h12-16,21,35-36,39H,8-11H2,1-7H3/t21-/m1/s1. The van der Waals surface area contributed by atoms with Crippen LogP contribution in [0.2, 0.25) is 0 Å². The van der Waals surface area contributed by atoms with Crippen LogP contribution in [0.25, 0.3) is 44.4 Å². The molecule has 1 atom stereocenters. The van der Waals surface area contributed by atoms with Gasteiger partial charge < -0.3 is 24.5 Å². The molecule has 0 unspecified atom stereocenters. The highest BCUT2D eigenvalue weighted by Gasteiger charge is 2.23. The van der Waals surface area contributed by atoms with Crippen molar-refractivity contribution < 1.29 is 24.2 Å². The second-order valence-corrected chi connectivity index (χ2v) is 11.2. The van der Waals surface area contributed by atoms with Crippen LogP contribution in [0.1, 0.15) is 79.5 Å². The molecule has 9 heteroatoms. The fraction of sp³-hybridized carbons (Fsp3) is 0.353. The lowest BCUT2D eigenvalue weighted by Crippen LogP contribution is -2.02. The molecular weight excluding hydrogens is 544 g/mol. The Kier molecular flexibility index (Phi) is 8.37. The number of nitrogens with one attached hydrogen (secondary N) is 2. The molecule has 2 aliphatic heterocycles. The molecule has 0 fully saturated rings. The van der Waals surface area contributed by atoms with Crippen LogP contribution in [-0.2, 0) is 25.5 Å². The van der Waals surface area contributed by atoms with Gasteiger partial charge in [-0.15, -0.1) is 0 Å². The number of H-pyrrole nitrogens is 2. The van der Waals surface area contributed by atoms with Crippen molar-refractivity contribution in [3.8, 4) is 0 Å². The highest BCUT2D eigenvalue weighted by atomic mass is 16.5. The maximum atomic E-state index is 12.1. The maximum Gasteiger partial charge on any atom is 0.305 e. The summed E-state index contributed by atoms with van der Waals surface area (Å²) >= 11 is 0. The van der Waals surface area contributed by atoms with Crippen LogP contribution >= 0.6 is 0 Å². The van der Waals surface area contributed by atoms with E-state index in [1.807, 2.05) is 45.9 Å². The van der Waals surface area contributed by atoms with Crippen molar-refractivity contribution in [2.24, 2.45) is 0 Å². The molecule has 3 N–H and O–H groups in total. The Balaban J connectivity index is 1.86. The van der Waals surface area contributed by atoms with E-state index < -0.39 is 6.10 Å². The number of aryl methyl sites for hydroxylation is 3. The van der Waals surface area contributed by atoms with E-state index in [9.17, 15) is 14.7 Å². The van der Waals surface area contributed by atoms with E-state index in [0.717, 1.165) is 78.1 Å². The van der Waals surface area contributed by atoms with Crippen LogP contribution in [0.4, 0.5) is 0 Å². The first-order valence-corrected chi connectivity index (χ1v) is 14.5. The van der Waals surface area contributed by atoms with Crippen LogP contribution in [0, 0.1) is 13.8 Å². The van der Waals surface area contributed by atoms with E-state index in [1.54, 1.807) is 6.92 Å². The van der Waals surface area contributed by atoms with Crippen molar-refractivity contribution in [2.75, 3.05) is 14.2 Å². The zero-order chi connectivity index (χ0) is 31.0. The summed E-state index contributed by atoms with van der Waals surface area (Å²) in [7, 11) is 2.78. The lowest BCUT2D eigenvalue weighted by atomic mass is 9.99. The first-order chi connectivity index (χ1) is 20.5. The minimum absolute atomic E-state index is 0.217. The van der Waals surface area contributed by atoms with Crippen molar-refractivity contribution in [2.45, 2.75) is 66.4 Å². The normalized spacial score (nSPS) is 13.9. The molecular formula is C34H38N4O5. The number of esters is 2. The zero-order valence-electron chi connectivity index (χ0n) is 25.8. The van der Waals surface area contributed by atoms with E-state index in [2.05, 4.69) is 22.1 Å². The van der Waals surface area contributed by atoms with E-state index in [-0.39, 0.29) is 24.8 Å². The molecule has 0 radical (unpaired) electrons. The molecule has 224 valence electrons. The number of allylic oxidation sites excluding steroid dienone is 3. The fourth-order valence-corrected chi connectivity index (χ4v) is 5.90. The summed E-state index contributed by atoms with van der Waals surface area (Å²) in [6.07, 6.45) is 0.703. The van der Waals surface area contributed by atoms with Crippen molar-refractivity contribution in [3.63, 3.8) is 0 Å². The number of aromatic amines is 2. The summed E-state index contributed by atoms with van der Waals surface area (Å²) in [4.78, 5) is 41.3. The molecule has 9 nitrogen and oxygen atoms in total. The monoisotopic (exact) mass is 582 g/mol. The molecule has 0 amide bonds. The highest BCUT2D eigenvalue weighted by Crippen LogP contribution is 2.37. The summed E-state index contributed by atoms with van der Waals surface area (Å²) < 4.78 is 9.85. The molecule has 0 aromatic carbocycles. The van der Waals surface area contributed by atoms with E-state index in [4.69, 9.17) is 19.4 Å². The van der Waals surface area contributed by atoms with Gasteiger partial charge in [0.05, 0.1) is 43.1 Å². The largest absolute Gasteiger partial charge is 0.469 e. The molecule has 43 heavy (non-hydrogen) atoms. The number of rotatable bonds is 7. The van der Waals surface area contributed by atoms with Crippen LogP contribution < -0.4 is 0 Å². The molecule has 0 saturated carbocycles. The number of hydrogen-bond donors (Lipinski definition) is 3. The smallest absolute Gasteiger partial charge is 0.305 e. The second kappa shape index (κ2) is 12.0. The molecule has 8 bridgehead atoms. The van der Waals surface area contributed by atoms with Crippen LogP contribution in [0.15, 0.2) is 30.3 Å². The van der Waals surface area contributed by atoms with E-state index >= 15 is 0 Å². The molecule has 2 aliphatic rings. The number of aliphatic hydroxyl groups is 1. The zero-order valence-corrected chi connectivity index (χ0v) is 25.8. The predicted octanol–water partition coefficient (Wildman–Crippen LogP) is 6.23. The summed E-state index contributed by atoms with van der Waals surface area (Å²) in [5, 5.41) is 10.7. The van der Waals surface area contributed by atoms with Gasteiger partial charge in [0.15, 0.2) is 0 Å². The highest BCUT2D eigenvalue weighted by molar-refractivity contribution is 5.96. The quantitative estimate of drug-likeness (QED) is 0.282. The van der Waals surface area contributed by atoms with E-state index in [1.165, 1.54) is 14.2 Å². The average Bonchev–Trinajstić information content (AvgIpc) is 3.65. The van der Waals surface area contributed by atoms with Gasteiger partial charge in [-0.3, -0.25) is 9.59 Å². The number of ether oxygens (including phenoxy) is 2. The molecule has 0 aliphatic carbocycles. The van der Waals surface area contributed by atoms with Gasteiger partial charge in [0.2, 0.25) is 0 Å². The summed E-state index contributed by atoms with van der Waals surface area (Å²) in [5.74, 6) is -0.570. The van der Waals surface area contributed by atoms with Gasteiger partial charge in [-0.05, 0) is 111 Å². The minimum Gasteiger partial charge on any atom is -0.469 e. The van der Waals surface area contributed by atoms with Gasteiger partial charge >= 0.3 is 11.9 Å². The Morgan fingerprint density at radius 1 is 0.767 bits per heavy atom. The second-order valence-electron chi connectivity index (χ2n) is 11.2. The number of methoxy groups -OCH3 is 2. The lowest BCUT2D eigenvalue weighted by Gasteiger charge is -2.07. The Morgan fingerprint density at radius 2 is 1.40 bits per heavy atom. The van der Waals surface area contributed by atoms with Crippen molar-refractivity contribution in [1.29, 1.82) is 0 Å². The Morgan fingerprint density at radius 3 is 2.07 bits per heavy atom. The third-order valence-corrected chi connectivity index (χ3v) is 8.39. The van der Waals surface area contributed by atoms with Crippen LogP contribution in [-0.4, -0.2) is 57.3 Å². The predicted molar refractivity (Wildman–Crippen MR) is 169 cm³/mol. The first kappa shape index (κ1) is 30.0. The number of aromatic nitrogens is 4. The number of aliphatic hydroxyl groups excluding tert-OH is 1. The maximum absolute atomic E-state index is 12.1. The topological polar surface area (TPSA) is 130 Å². The third kappa shape index (κ3) is 5.90. The van der Waals surface area contributed by atoms with Crippen LogP contribution in [0.5, 0.6) is 0 Å². The molecule has 3 aromatic rings. The van der Waals surface area contributed by atoms with Gasteiger partial charge in [0.1, 0.15) is 0 Å². The SMILES string of the molecule is COC(=O)CCC1=C(C)c2cc3nc(cc4[nH]c(cc4C)cc4[nH]c(cc1n2)c(CCC(=O)OC)c4C)C([C@@H](C)O)=C3C. The Bertz CT molecular complexity index is 1860. The molecule has 0 saturated heterocycles. The summed E-state index contributed by atoms with van der Waals surface area (Å²) in [6, 6.07) is 10.0. The van der Waals surface area contributed by atoms with Crippen LogP contribution in [0.3, 0.4) is 0 Å². The van der Waals surface area contributed by atoms with Gasteiger partial charge in [0.25, 0.3) is 0 Å². The number of fused-ring (bicyclic) bond motifs is 8. The Labute approximate surface area is 250 Å². The number of carbonyl (C=O) groups is 2. The summed E-state index contributed by atoms with van der Waals surface area (Å²) in [6.45, 7) is 9.79. The third-order valence-electron chi connectivity index (χ3n) is 8.39. The summed E-state index contributed by atoms with van der Waals surface area (Å²) in [5.41, 5.74) is 13.1. The van der Waals surface area contributed by atoms with Gasteiger partial charge in [-0.1, -0.05) is 0 Å². The number of nitrogens with zero attached hydrogens (tertiary/aromatic N) is 2. The minimum atomic E-state index is -0.708.